The molecule has 3 N–H and O–H groups in total. The number of aryl methyl sites for hydroxylation is 1. The molecule has 1 aliphatic heterocycles. The van der Waals surface area contributed by atoms with Gasteiger partial charge in [0.1, 0.15) is 5.82 Å². The summed E-state index contributed by atoms with van der Waals surface area (Å²) in [5, 5.41) is 7.34. The van der Waals surface area contributed by atoms with Crippen LogP contribution in [0.15, 0.2) is 6.07 Å². The van der Waals surface area contributed by atoms with E-state index in [0.29, 0.717) is 11.7 Å². The molecule has 0 saturated heterocycles. The van der Waals surface area contributed by atoms with E-state index in [1.807, 2.05) is 23.1 Å². The van der Waals surface area contributed by atoms with E-state index in [-0.39, 0.29) is 0 Å². The first-order valence-corrected chi connectivity index (χ1v) is 8.64. The molecule has 2 aromatic heterocycles. The Labute approximate surface area is 122 Å². The summed E-state index contributed by atoms with van der Waals surface area (Å²) in [5.74, 6) is 3.64. The molecule has 2 aromatic rings. The SMILES string of the molecule is CC(C)Cc1c(N)n[nH]c1-c1cc2c(s1)CCSC2. The van der Waals surface area contributed by atoms with Gasteiger partial charge in [-0.3, -0.25) is 5.10 Å². The van der Waals surface area contributed by atoms with Gasteiger partial charge in [0.15, 0.2) is 0 Å². The van der Waals surface area contributed by atoms with Crippen molar-refractivity contribution in [2.24, 2.45) is 5.92 Å². The summed E-state index contributed by atoms with van der Waals surface area (Å²) in [6.45, 7) is 4.43. The van der Waals surface area contributed by atoms with Gasteiger partial charge in [-0.1, -0.05) is 13.8 Å². The third-order valence-electron chi connectivity index (χ3n) is 3.39. The van der Waals surface area contributed by atoms with E-state index < -0.39 is 0 Å². The van der Waals surface area contributed by atoms with E-state index in [1.54, 1.807) is 0 Å². The van der Waals surface area contributed by atoms with Crippen molar-refractivity contribution in [2.45, 2.75) is 32.4 Å². The number of aromatic amines is 1. The monoisotopic (exact) mass is 293 g/mol. The van der Waals surface area contributed by atoms with Crippen LogP contribution in [0, 0.1) is 5.92 Å². The highest BCUT2D eigenvalue weighted by Crippen LogP contribution is 2.38. The van der Waals surface area contributed by atoms with Crippen molar-refractivity contribution in [2.75, 3.05) is 11.5 Å². The number of nitrogens with one attached hydrogen (secondary N) is 1. The number of nitrogen functional groups attached to an aromatic ring is 1. The third-order valence-corrected chi connectivity index (χ3v) is 5.65. The molecule has 0 aromatic carbocycles. The van der Waals surface area contributed by atoms with E-state index in [9.17, 15) is 0 Å². The van der Waals surface area contributed by atoms with Gasteiger partial charge in [-0.2, -0.15) is 16.9 Å². The van der Waals surface area contributed by atoms with E-state index in [0.717, 1.165) is 17.9 Å². The first-order valence-electron chi connectivity index (χ1n) is 6.67. The van der Waals surface area contributed by atoms with E-state index >= 15 is 0 Å². The second kappa shape index (κ2) is 5.21. The topological polar surface area (TPSA) is 54.7 Å². The molecule has 1 aliphatic rings. The van der Waals surface area contributed by atoms with Gasteiger partial charge in [0.2, 0.25) is 0 Å². The van der Waals surface area contributed by atoms with Crippen LogP contribution < -0.4 is 5.73 Å². The molecule has 0 saturated carbocycles. The quantitative estimate of drug-likeness (QED) is 0.907. The van der Waals surface area contributed by atoms with Crippen LogP contribution in [0.3, 0.4) is 0 Å². The lowest BCUT2D eigenvalue weighted by atomic mass is 10.0. The molecule has 3 rings (SSSR count). The molecule has 0 radical (unpaired) electrons. The molecule has 0 bridgehead atoms. The zero-order chi connectivity index (χ0) is 13.4. The molecule has 3 nitrogen and oxygen atoms in total. The number of nitrogens with two attached hydrogens (primary N) is 1. The van der Waals surface area contributed by atoms with Crippen LogP contribution in [0.5, 0.6) is 0 Å². The highest BCUT2D eigenvalue weighted by molar-refractivity contribution is 7.98. The van der Waals surface area contributed by atoms with Gasteiger partial charge in [-0.05, 0) is 36.1 Å². The zero-order valence-electron chi connectivity index (χ0n) is 11.3. The van der Waals surface area contributed by atoms with Crippen LogP contribution >= 0.6 is 23.1 Å². The van der Waals surface area contributed by atoms with E-state index in [4.69, 9.17) is 5.73 Å². The summed E-state index contributed by atoms with van der Waals surface area (Å²) >= 11 is 3.93. The van der Waals surface area contributed by atoms with Crippen molar-refractivity contribution < 1.29 is 0 Å². The van der Waals surface area contributed by atoms with Crippen molar-refractivity contribution in [3.8, 4) is 10.6 Å². The molecule has 0 fully saturated rings. The fourth-order valence-corrected chi connectivity index (χ4v) is 4.86. The Kier molecular flexibility index (Phi) is 3.58. The number of nitrogens with zero attached hydrogens (tertiary/aromatic N) is 1. The normalized spacial score (nSPS) is 14.9. The second-order valence-corrected chi connectivity index (χ2v) is 7.66. The number of thiophene rings is 1. The lowest BCUT2D eigenvalue weighted by molar-refractivity contribution is 0.649. The van der Waals surface area contributed by atoms with Crippen molar-refractivity contribution >= 4 is 28.9 Å². The number of anilines is 1. The predicted molar refractivity (Wildman–Crippen MR) is 84.7 cm³/mol. The van der Waals surface area contributed by atoms with E-state index in [1.165, 1.54) is 33.1 Å². The zero-order valence-corrected chi connectivity index (χ0v) is 13.0. The minimum atomic E-state index is 0.587. The van der Waals surface area contributed by atoms with Gasteiger partial charge in [-0.15, -0.1) is 11.3 Å². The molecule has 102 valence electrons. The van der Waals surface area contributed by atoms with Crippen LogP contribution in [0.4, 0.5) is 5.82 Å². The maximum absolute atomic E-state index is 6.01. The van der Waals surface area contributed by atoms with Crippen LogP contribution in [0.25, 0.3) is 10.6 Å². The number of rotatable bonds is 3. The minimum Gasteiger partial charge on any atom is -0.382 e. The lowest BCUT2D eigenvalue weighted by Gasteiger charge is -2.08. The third kappa shape index (κ3) is 2.54. The number of H-pyrrole nitrogens is 1. The lowest BCUT2D eigenvalue weighted by Crippen LogP contribution is -1.98. The molecule has 5 heteroatoms. The summed E-state index contributed by atoms with van der Waals surface area (Å²) < 4.78 is 0. The maximum atomic E-state index is 6.01. The van der Waals surface area contributed by atoms with Gasteiger partial charge >= 0.3 is 0 Å². The largest absolute Gasteiger partial charge is 0.382 e. The van der Waals surface area contributed by atoms with Gasteiger partial charge in [-0.25, -0.2) is 0 Å². The van der Waals surface area contributed by atoms with Crippen LogP contribution in [0.1, 0.15) is 29.9 Å². The molecule has 0 atom stereocenters. The Morgan fingerprint density at radius 2 is 2.32 bits per heavy atom. The van der Waals surface area contributed by atoms with Gasteiger partial charge in [0.25, 0.3) is 0 Å². The van der Waals surface area contributed by atoms with Crippen molar-refractivity contribution in [1.82, 2.24) is 10.2 Å². The second-order valence-electron chi connectivity index (χ2n) is 5.42. The molecule has 0 aliphatic carbocycles. The number of hydrogen-bond acceptors (Lipinski definition) is 4. The van der Waals surface area contributed by atoms with Gasteiger partial charge < -0.3 is 5.73 Å². The highest BCUT2D eigenvalue weighted by Gasteiger charge is 2.19. The van der Waals surface area contributed by atoms with Crippen LogP contribution in [0.2, 0.25) is 0 Å². The first kappa shape index (κ1) is 13.1. The van der Waals surface area contributed by atoms with Crippen molar-refractivity contribution in [1.29, 1.82) is 0 Å². The summed E-state index contributed by atoms with van der Waals surface area (Å²) in [5.41, 5.74) is 9.82. The average Bonchev–Trinajstić information content (AvgIpc) is 2.93. The molecular formula is C14H19N3S2. The predicted octanol–water partition coefficient (Wildman–Crippen LogP) is 3.71. The summed E-state index contributed by atoms with van der Waals surface area (Å²) in [4.78, 5) is 2.84. The Morgan fingerprint density at radius 1 is 1.47 bits per heavy atom. The fraction of sp³-hybridized carbons (Fsp3) is 0.500. The number of thioether (sulfide) groups is 1. The Balaban J connectivity index is 1.99. The molecule has 3 heterocycles. The molecule has 0 unspecified atom stereocenters. The molecular weight excluding hydrogens is 274 g/mol. The summed E-state index contributed by atoms with van der Waals surface area (Å²) in [7, 11) is 0. The number of hydrogen-bond donors (Lipinski definition) is 2. The van der Waals surface area contributed by atoms with Crippen molar-refractivity contribution in [3.05, 3.63) is 22.1 Å². The summed E-state index contributed by atoms with van der Waals surface area (Å²) in [6.07, 6.45) is 2.18. The van der Waals surface area contributed by atoms with Crippen LogP contribution in [-0.2, 0) is 18.6 Å². The highest BCUT2D eigenvalue weighted by atomic mass is 32.2. The molecule has 0 amide bonds. The molecule has 0 spiro atoms. The summed E-state index contributed by atoms with van der Waals surface area (Å²) in [6, 6.07) is 2.32. The smallest absolute Gasteiger partial charge is 0.149 e. The van der Waals surface area contributed by atoms with Gasteiger partial charge in [0, 0.05) is 16.2 Å². The average molecular weight is 293 g/mol. The number of fused-ring (bicyclic) bond motifs is 1. The van der Waals surface area contributed by atoms with Crippen LogP contribution in [-0.4, -0.2) is 16.0 Å². The number of aromatic nitrogens is 2. The Hall–Kier alpha value is -0.940. The standard InChI is InChI=1S/C14H19N3S2/c1-8(2)5-10-13(16-17-14(10)15)12-6-9-7-18-4-3-11(9)19-12/h6,8H,3-5,7H2,1-2H3,(H3,15,16,17). The first-order chi connectivity index (χ1) is 9.15. The van der Waals surface area contributed by atoms with E-state index in [2.05, 4.69) is 30.1 Å². The van der Waals surface area contributed by atoms with Crippen molar-refractivity contribution in [3.63, 3.8) is 0 Å². The maximum Gasteiger partial charge on any atom is 0.149 e. The molecule has 19 heavy (non-hydrogen) atoms. The Bertz CT molecular complexity index is 560. The Morgan fingerprint density at radius 3 is 3.05 bits per heavy atom. The fourth-order valence-electron chi connectivity index (χ4n) is 2.47. The minimum absolute atomic E-state index is 0.587. The van der Waals surface area contributed by atoms with Gasteiger partial charge in [0.05, 0.1) is 10.6 Å².